The molecule has 0 spiro atoms. The Kier molecular flexibility index (Phi) is 5.84. The highest BCUT2D eigenvalue weighted by Gasteiger charge is 2.01. The summed E-state index contributed by atoms with van der Waals surface area (Å²) < 4.78 is 6.59. The van der Waals surface area contributed by atoms with Crippen molar-refractivity contribution in [3.05, 3.63) is 27.1 Å². The molecule has 0 aliphatic heterocycles. The quantitative estimate of drug-likeness (QED) is 0.651. The second-order valence-corrected chi connectivity index (χ2v) is 5.00. The molecule has 3 nitrogen and oxygen atoms in total. The van der Waals surface area contributed by atoms with Crippen LogP contribution in [0.1, 0.15) is 12.8 Å². The van der Waals surface area contributed by atoms with Gasteiger partial charge in [0.1, 0.15) is 0 Å². The van der Waals surface area contributed by atoms with Crippen LogP contribution in [-0.2, 0) is 9.53 Å². The minimum Gasteiger partial charge on any atom is -0.469 e. The topological polar surface area (TPSA) is 38.3 Å². The lowest BCUT2D eigenvalue weighted by Crippen LogP contribution is -2.06. The minimum absolute atomic E-state index is 0.170. The Hall–Kier alpha value is -0.550. The van der Waals surface area contributed by atoms with E-state index in [-0.39, 0.29) is 5.97 Å². The van der Waals surface area contributed by atoms with Crippen molar-refractivity contribution in [2.45, 2.75) is 12.8 Å². The minimum atomic E-state index is -0.170. The Morgan fingerprint density at radius 2 is 2.19 bits per heavy atom. The summed E-state index contributed by atoms with van der Waals surface area (Å²) in [7, 11) is 1.40. The number of ether oxygens (including phenoxy) is 1. The number of benzene rings is 1. The van der Waals surface area contributed by atoms with Gasteiger partial charge in [-0.15, -0.1) is 0 Å². The van der Waals surface area contributed by atoms with Crippen LogP contribution in [0.4, 0.5) is 5.69 Å². The van der Waals surface area contributed by atoms with Crippen LogP contribution >= 0.6 is 31.9 Å². The van der Waals surface area contributed by atoms with Crippen molar-refractivity contribution in [2.75, 3.05) is 19.0 Å². The lowest BCUT2D eigenvalue weighted by atomic mass is 10.3. The molecule has 0 fully saturated rings. The van der Waals surface area contributed by atoms with E-state index in [2.05, 4.69) is 41.9 Å². The van der Waals surface area contributed by atoms with E-state index in [0.29, 0.717) is 6.42 Å². The maximum atomic E-state index is 10.9. The Labute approximate surface area is 112 Å². The van der Waals surface area contributed by atoms with Crippen molar-refractivity contribution in [3.8, 4) is 0 Å². The maximum absolute atomic E-state index is 10.9. The standard InChI is InChI=1S/C11H13Br2NO2/c1-16-11(15)3-2-6-14-10-5-4-8(12)7-9(10)13/h4-5,7,14H,2-3,6H2,1H3. The Balaban J connectivity index is 2.35. The van der Waals surface area contributed by atoms with Gasteiger partial charge in [-0.3, -0.25) is 4.79 Å². The highest BCUT2D eigenvalue weighted by molar-refractivity contribution is 9.11. The predicted octanol–water partition coefficient (Wildman–Crippen LogP) is 3.58. The third-order valence-electron chi connectivity index (χ3n) is 2.03. The van der Waals surface area contributed by atoms with E-state index in [1.54, 1.807) is 0 Å². The Morgan fingerprint density at radius 3 is 2.81 bits per heavy atom. The van der Waals surface area contributed by atoms with Gasteiger partial charge >= 0.3 is 5.97 Å². The van der Waals surface area contributed by atoms with Gasteiger partial charge in [-0.2, -0.15) is 0 Å². The molecular weight excluding hydrogens is 338 g/mol. The molecule has 5 heteroatoms. The third kappa shape index (κ3) is 4.53. The van der Waals surface area contributed by atoms with Crippen LogP contribution in [0.3, 0.4) is 0 Å². The lowest BCUT2D eigenvalue weighted by Gasteiger charge is -2.08. The van der Waals surface area contributed by atoms with Crippen molar-refractivity contribution in [1.82, 2.24) is 0 Å². The van der Waals surface area contributed by atoms with Gasteiger partial charge in [0.05, 0.1) is 7.11 Å². The molecule has 0 atom stereocenters. The van der Waals surface area contributed by atoms with Crippen molar-refractivity contribution in [1.29, 1.82) is 0 Å². The molecule has 1 rings (SSSR count). The van der Waals surface area contributed by atoms with Gasteiger partial charge in [0.15, 0.2) is 0 Å². The van der Waals surface area contributed by atoms with Gasteiger partial charge in [-0.05, 0) is 40.5 Å². The zero-order valence-electron chi connectivity index (χ0n) is 8.93. The van der Waals surface area contributed by atoms with Gasteiger partial charge in [-0.1, -0.05) is 15.9 Å². The fourth-order valence-corrected chi connectivity index (χ4v) is 2.38. The highest BCUT2D eigenvalue weighted by atomic mass is 79.9. The second-order valence-electron chi connectivity index (χ2n) is 3.23. The zero-order chi connectivity index (χ0) is 12.0. The summed E-state index contributed by atoms with van der Waals surface area (Å²) in [6.07, 6.45) is 1.20. The fourth-order valence-electron chi connectivity index (χ4n) is 1.19. The molecule has 0 aromatic heterocycles. The molecule has 0 unspecified atom stereocenters. The predicted molar refractivity (Wildman–Crippen MR) is 71.6 cm³/mol. The molecule has 1 N–H and O–H groups in total. The van der Waals surface area contributed by atoms with Crippen molar-refractivity contribution < 1.29 is 9.53 Å². The molecule has 0 heterocycles. The van der Waals surface area contributed by atoms with Gasteiger partial charge < -0.3 is 10.1 Å². The molecule has 0 saturated carbocycles. The first-order chi connectivity index (χ1) is 7.63. The van der Waals surface area contributed by atoms with Crippen molar-refractivity contribution in [3.63, 3.8) is 0 Å². The van der Waals surface area contributed by atoms with Gasteiger partial charge in [0, 0.05) is 27.6 Å². The van der Waals surface area contributed by atoms with E-state index in [9.17, 15) is 4.79 Å². The van der Waals surface area contributed by atoms with Gasteiger partial charge in [-0.25, -0.2) is 0 Å². The largest absolute Gasteiger partial charge is 0.469 e. The average molecular weight is 351 g/mol. The number of hydrogen-bond acceptors (Lipinski definition) is 3. The number of halogens is 2. The normalized spacial score (nSPS) is 9.94. The van der Waals surface area contributed by atoms with Crippen LogP contribution in [0.5, 0.6) is 0 Å². The summed E-state index contributed by atoms with van der Waals surface area (Å²) >= 11 is 6.85. The van der Waals surface area contributed by atoms with Crippen LogP contribution < -0.4 is 5.32 Å². The van der Waals surface area contributed by atoms with Crippen LogP contribution in [0, 0.1) is 0 Å². The van der Waals surface area contributed by atoms with E-state index in [1.807, 2.05) is 18.2 Å². The summed E-state index contributed by atoms with van der Waals surface area (Å²) in [4.78, 5) is 10.9. The van der Waals surface area contributed by atoms with Crippen molar-refractivity contribution in [2.24, 2.45) is 0 Å². The monoisotopic (exact) mass is 349 g/mol. The van der Waals surface area contributed by atoms with Gasteiger partial charge in [0.25, 0.3) is 0 Å². The number of hydrogen-bond donors (Lipinski definition) is 1. The second kappa shape index (κ2) is 6.91. The summed E-state index contributed by atoms with van der Waals surface area (Å²) in [5.74, 6) is -0.170. The number of carbonyl (C=O) groups is 1. The molecule has 0 radical (unpaired) electrons. The number of carbonyl (C=O) groups excluding carboxylic acids is 1. The van der Waals surface area contributed by atoms with E-state index >= 15 is 0 Å². The van der Waals surface area contributed by atoms with E-state index in [0.717, 1.165) is 27.6 Å². The molecule has 1 aromatic rings. The molecule has 1 aromatic carbocycles. The van der Waals surface area contributed by atoms with Crippen LogP contribution in [0.15, 0.2) is 27.1 Å². The SMILES string of the molecule is COC(=O)CCCNc1ccc(Br)cc1Br. The maximum Gasteiger partial charge on any atom is 0.305 e. The molecule has 0 aliphatic carbocycles. The Bertz CT molecular complexity index is 369. The van der Waals surface area contributed by atoms with Crippen molar-refractivity contribution >= 4 is 43.5 Å². The molecule has 0 bridgehead atoms. The molecule has 88 valence electrons. The molecule has 0 aliphatic rings. The zero-order valence-corrected chi connectivity index (χ0v) is 12.1. The van der Waals surface area contributed by atoms with E-state index in [4.69, 9.17) is 0 Å². The number of anilines is 1. The number of rotatable bonds is 5. The number of methoxy groups -OCH3 is 1. The van der Waals surface area contributed by atoms with Crippen LogP contribution in [0.25, 0.3) is 0 Å². The molecule has 0 amide bonds. The summed E-state index contributed by atoms with van der Waals surface area (Å²) in [6, 6.07) is 5.92. The average Bonchev–Trinajstić information content (AvgIpc) is 2.26. The van der Waals surface area contributed by atoms with Crippen LogP contribution in [0.2, 0.25) is 0 Å². The first-order valence-corrected chi connectivity index (χ1v) is 6.48. The Morgan fingerprint density at radius 1 is 1.44 bits per heavy atom. The summed E-state index contributed by atoms with van der Waals surface area (Å²) in [5.41, 5.74) is 1.02. The number of nitrogens with one attached hydrogen (secondary N) is 1. The number of esters is 1. The van der Waals surface area contributed by atoms with E-state index < -0.39 is 0 Å². The molecule has 0 saturated heterocycles. The lowest BCUT2D eigenvalue weighted by molar-refractivity contribution is -0.140. The highest BCUT2D eigenvalue weighted by Crippen LogP contribution is 2.25. The van der Waals surface area contributed by atoms with Gasteiger partial charge in [0.2, 0.25) is 0 Å². The van der Waals surface area contributed by atoms with Crippen LogP contribution in [-0.4, -0.2) is 19.6 Å². The first-order valence-electron chi connectivity index (χ1n) is 4.89. The summed E-state index contributed by atoms with van der Waals surface area (Å²) in [6.45, 7) is 0.745. The third-order valence-corrected chi connectivity index (χ3v) is 3.18. The molecule has 16 heavy (non-hydrogen) atoms. The fraction of sp³-hybridized carbons (Fsp3) is 0.364. The smallest absolute Gasteiger partial charge is 0.305 e. The van der Waals surface area contributed by atoms with E-state index in [1.165, 1.54) is 7.11 Å². The summed E-state index contributed by atoms with van der Waals surface area (Å²) in [5, 5.41) is 3.24. The first kappa shape index (κ1) is 13.5. The molecular formula is C11H13Br2NO2.